The molecule has 1 heterocycles. The van der Waals surface area contributed by atoms with Crippen molar-refractivity contribution in [2.45, 2.75) is 20.8 Å². The summed E-state index contributed by atoms with van der Waals surface area (Å²) in [7, 11) is 0. The number of anilines is 1. The number of amides is 1. The lowest BCUT2D eigenvalue weighted by Gasteiger charge is -2.07. The van der Waals surface area contributed by atoms with E-state index < -0.39 is 23.1 Å². The Labute approximate surface area is 148 Å². The third kappa shape index (κ3) is 3.44. The molecule has 6 heteroatoms. The summed E-state index contributed by atoms with van der Waals surface area (Å²) >= 11 is 1.21. The van der Waals surface area contributed by atoms with Gasteiger partial charge in [0.05, 0.1) is 5.69 Å². The highest BCUT2D eigenvalue weighted by molar-refractivity contribution is 7.14. The Balaban J connectivity index is 1.88. The number of nitrogens with one attached hydrogen (secondary N) is 1. The van der Waals surface area contributed by atoms with Crippen LogP contribution in [-0.2, 0) is 0 Å². The summed E-state index contributed by atoms with van der Waals surface area (Å²) in [6.07, 6.45) is 0. The largest absolute Gasteiger partial charge is 0.298 e. The molecule has 3 rings (SSSR count). The van der Waals surface area contributed by atoms with Crippen molar-refractivity contribution >= 4 is 22.4 Å². The zero-order valence-electron chi connectivity index (χ0n) is 14.0. The first-order chi connectivity index (χ1) is 11.9. The van der Waals surface area contributed by atoms with Crippen LogP contribution >= 0.6 is 11.3 Å². The topological polar surface area (TPSA) is 42.0 Å². The van der Waals surface area contributed by atoms with E-state index in [1.165, 1.54) is 23.0 Å². The maximum absolute atomic E-state index is 13.7. The maximum Gasteiger partial charge on any atom is 0.263 e. The van der Waals surface area contributed by atoms with Gasteiger partial charge in [-0.05, 0) is 55.7 Å². The molecule has 0 radical (unpaired) electrons. The van der Waals surface area contributed by atoms with E-state index in [9.17, 15) is 13.6 Å². The van der Waals surface area contributed by atoms with Crippen LogP contribution in [0.25, 0.3) is 11.3 Å². The fourth-order valence-electron chi connectivity index (χ4n) is 2.57. The number of aryl methyl sites for hydroxylation is 3. The van der Waals surface area contributed by atoms with Gasteiger partial charge in [0.2, 0.25) is 0 Å². The summed E-state index contributed by atoms with van der Waals surface area (Å²) < 4.78 is 27.4. The number of hydrogen-bond donors (Lipinski definition) is 1. The third-order valence-electron chi connectivity index (χ3n) is 4.03. The van der Waals surface area contributed by atoms with Crippen LogP contribution in [0.3, 0.4) is 0 Å². The van der Waals surface area contributed by atoms with E-state index in [4.69, 9.17) is 0 Å². The third-order valence-corrected chi connectivity index (χ3v) is 4.79. The smallest absolute Gasteiger partial charge is 0.263 e. The number of benzene rings is 2. The molecular formula is C19H16F2N2OS. The molecule has 0 spiro atoms. The second kappa shape index (κ2) is 6.72. The first-order valence-electron chi connectivity index (χ1n) is 7.66. The molecule has 0 saturated carbocycles. The van der Waals surface area contributed by atoms with Crippen molar-refractivity contribution in [1.29, 1.82) is 0 Å². The Morgan fingerprint density at radius 1 is 1.04 bits per heavy atom. The van der Waals surface area contributed by atoms with Crippen LogP contribution in [0.2, 0.25) is 0 Å². The number of rotatable bonds is 3. The fourth-order valence-corrected chi connectivity index (χ4v) is 3.27. The van der Waals surface area contributed by atoms with Crippen molar-refractivity contribution in [2.24, 2.45) is 0 Å². The van der Waals surface area contributed by atoms with Gasteiger partial charge in [0, 0.05) is 10.9 Å². The van der Waals surface area contributed by atoms with Crippen LogP contribution in [0.15, 0.2) is 35.7 Å². The molecule has 25 heavy (non-hydrogen) atoms. The molecule has 2 aromatic carbocycles. The Kier molecular flexibility index (Phi) is 4.63. The Morgan fingerprint density at radius 3 is 2.36 bits per heavy atom. The predicted molar refractivity (Wildman–Crippen MR) is 96.1 cm³/mol. The van der Waals surface area contributed by atoms with E-state index in [2.05, 4.69) is 16.4 Å². The van der Waals surface area contributed by atoms with E-state index >= 15 is 0 Å². The molecule has 3 nitrogen and oxygen atoms in total. The molecule has 0 aliphatic rings. The standard InChI is InChI=1S/C19H16F2N2OS/c1-10-7-12(3)13(8-11(10)2)16-9-25-19(22-16)23-18(24)17-14(20)5-4-6-15(17)21/h4-9H,1-3H3,(H,22,23,24). The Hall–Kier alpha value is -2.60. The van der Waals surface area contributed by atoms with Crippen molar-refractivity contribution in [1.82, 2.24) is 4.98 Å². The van der Waals surface area contributed by atoms with E-state index in [0.29, 0.717) is 5.13 Å². The van der Waals surface area contributed by atoms with Gasteiger partial charge < -0.3 is 0 Å². The normalized spacial score (nSPS) is 10.8. The molecule has 0 saturated heterocycles. The first-order valence-corrected chi connectivity index (χ1v) is 8.54. The highest BCUT2D eigenvalue weighted by Crippen LogP contribution is 2.29. The minimum atomic E-state index is -0.903. The monoisotopic (exact) mass is 358 g/mol. The number of thiazole rings is 1. The van der Waals surface area contributed by atoms with Crippen LogP contribution in [0.5, 0.6) is 0 Å². The summed E-state index contributed by atoms with van der Waals surface area (Å²) in [6, 6.07) is 7.43. The molecule has 0 aliphatic carbocycles. The van der Waals surface area contributed by atoms with Crippen LogP contribution in [-0.4, -0.2) is 10.9 Å². The zero-order chi connectivity index (χ0) is 18.1. The van der Waals surface area contributed by atoms with Gasteiger partial charge in [-0.3, -0.25) is 10.1 Å². The highest BCUT2D eigenvalue weighted by atomic mass is 32.1. The lowest BCUT2D eigenvalue weighted by molar-refractivity contribution is 0.101. The number of nitrogens with zero attached hydrogens (tertiary/aromatic N) is 1. The van der Waals surface area contributed by atoms with Gasteiger partial charge in [0.15, 0.2) is 5.13 Å². The summed E-state index contributed by atoms with van der Waals surface area (Å²) in [5, 5.41) is 4.57. The van der Waals surface area contributed by atoms with Gasteiger partial charge in [0.1, 0.15) is 17.2 Å². The molecule has 0 atom stereocenters. The van der Waals surface area contributed by atoms with Gasteiger partial charge >= 0.3 is 0 Å². The minimum absolute atomic E-state index is 0.292. The molecule has 0 unspecified atom stereocenters. The number of aromatic nitrogens is 1. The van der Waals surface area contributed by atoms with E-state index in [-0.39, 0.29) is 0 Å². The first kappa shape index (κ1) is 17.2. The number of hydrogen-bond acceptors (Lipinski definition) is 3. The predicted octanol–water partition coefficient (Wildman–Crippen LogP) is 5.27. The maximum atomic E-state index is 13.7. The van der Waals surface area contributed by atoms with Crippen molar-refractivity contribution in [3.8, 4) is 11.3 Å². The molecule has 1 amide bonds. The van der Waals surface area contributed by atoms with Gasteiger partial charge in [-0.25, -0.2) is 13.8 Å². The average Bonchev–Trinajstić information content (AvgIpc) is 2.99. The van der Waals surface area contributed by atoms with Crippen LogP contribution in [0.1, 0.15) is 27.0 Å². The molecule has 3 aromatic rings. The van der Waals surface area contributed by atoms with Crippen LogP contribution < -0.4 is 5.32 Å². The second-order valence-electron chi connectivity index (χ2n) is 5.84. The van der Waals surface area contributed by atoms with Crippen molar-refractivity contribution in [2.75, 3.05) is 5.32 Å². The molecule has 1 N–H and O–H groups in total. The van der Waals surface area contributed by atoms with Crippen molar-refractivity contribution in [3.63, 3.8) is 0 Å². The SMILES string of the molecule is Cc1cc(C)c(-c2csc(NC(=O)c3c(F)cccc3F)n2)cc1C. The Morgan fingerprint density at radius 2 is 1.68 bits per heavy atom. The molecule has 0 bridgehead atoms. The van der Waals surface area contributed by atoms with Crippen molar-refractivity contribution < 1.29 is 13.6 Å². The molecule has 1 aromatic heterocycles. The highest BCUT2D eigenvalue weighted by Gasteiger charge is 2.18. The molecule has 0 aliphatic heterocycles. The number of carbonyl (C=O) groups excluding carboxylic acids is 1. The second-order valence-corrected chi connectivity index (χ2v) is 6.70. The van der Waals surface area contributed by atoms with Crippen LogP contribution in [0.4, 0.5) is 13.9 Å². The summed E-state index contributed by atoms with van der Waals surface area (Å²) in [6.45, 7) is 6.06. The van der Waals surface area contributed by atoms with Gasteiger partial charge in [-0.2, -0.15) is 0 Å². The Bertz CT molecular complexity index is 946. The molecule has 128 valence electrons. The lowest BCUT2D eigenvalue weighted by atomic mass is 9.99. The summed E-state index contributed by atoms with van der Waals surface area (Å²) in [5.41, 5.74) is 4.49. The number of halogens is 2. The average molecular weight is 358 g/mol. The summed E-state index contributed by atoms with van der Waals surface area (Å²) in [5.74, 6) is -2.66. The lowest BCUT2D eigenvalue weighted by Crippen LogP contribution is -2.15. The quantitative estimate of drug-likeness (QED) is 0.693. The van der Waals surface area contributed by atoms with E-state index in [0.717, 1.165) is 34.5 Å². The van der Waals surface area contributed by atoms with Crippen molar-refractivity contribution in [3.05, 3.63) is 69.6 Å². The van der Waals surface area contributed by atoms with E-state index in [1.807, 2.05) is 32.2 Å². The zero-order valence-corrected chi connectivity index (χ0v) is 14.8. The van der Waals surface area contributed by atoms with Gasteiger partial charge in [-0.15, -0.1) is 11.3 Å². The van der Waals surface area contributed by atoms with Gasteiger partial charge in [0.25, 0.3) is 5.91 Å². The van der Waals surface area contributed by atoms with Crippen LogP contribution in [0, 0.1) is 32.4 Å². The number of carbonyl (C=O) groups is 1. The van der Waals surface area contributed by atoms with Gasteiger partial charge in [-0.1, -0.05) is 12.1 Å². The molecular weight excluding hydrogens is 342 g/mol. The van der Waals surface area contributed by atoms with E-state index in [1.54, 1.807) is 0 Å². The summed E-state index contributed by atoms with van der Waals surface area (Å²) in [4.78, 5) is 16.5. The minimum Gasteiger partial charge on any atom is -0.298 e. The molecule has 0 fully saturated rings. The fraction of sp³-hybridized carbons (Fsp3) is 0.158.